The summed E-state index contributed by atoms with van der Waals surface area (Å²) in [5, 5.41) is 5.04. The minimum atomic E-state index is 0.479. The summed E-state index contributed by atoms with van der Waals surface area (Å²) in [6.45, 7) is 0.479. The fourth-order valence-corrected chi connectivity index (χ4v) is 2.88. The lowest BCUT2D eigenvalue weighted by atomic mass is 10.3. The van der Waals surface area contributed by atoms with Crippen molar-refractivity contribution in [1.29, 1.82) is 0 Å². The normalized spacial score (nSPS) is 10.5. The maximum atomic E-state index is 5.10. The number of nitrogens with zero attached hydrogens (tertiary/aromatic N) is 2. The molecular weight excluding hydrogens is 302 g/mol. The average Bonchev–Trinajstić information content (AvgIpc) is 2.75. The third kappa shape index (κ3) is 2.83. The Kier molecular flexibility index (Phi) is 4.09. The van der Waals surface area contributed by atoms with E-state index in [0.29, 0.717) is 12.4 Å². The molecule has 2 aromatic heterocycles. The molecule has 90 valence electrons. The Morgan fingerprint density at radius 2 is 2.29 bits per heavy atom. The van der Waals surface area contributed by atoms with Gasteiger partial charge >= 0.3 is 0 Å². The summed E-state index contributed by atoms with van der Waals surface area (Å²) in [4.78, 5) is 9.95. The van der Waals surface area contributed by atoms with Crippen LogP contribution >= 0.6 is 27.3 Å². The summed E-state index contributed by atoms with van der Waals surface area (Å²) in [6, 6.07) is 3.87. The van der Waals surface area contributed by atoms with Gasteiger partial charge in [-0.25, -0.2) is 9.97 Å². The number of halogens is 1. The molecule has 0 bridgehead atoms. The standard InChI is InChI=1S/C11H12BrN3OS/c1-13-9-5-7(6-16-2)14-11(15-9)10-8(12)3-4-17-10/h3-5H,6H2,1-2H3,(H,13,14,15). The third-order valence-corrected chi connectivity index (χ3v) is 3.98. The Bertz CT molecular complexity index is 515. The van der Waals surface area contributed by atoms with Gasteiger partial charge in [0.1, 0.15) is 5.82 Å². The molecule has 0 saturated heterocycles. The SMILES string of the molecule is CNc1cc(COC)nc(-c2sccc2Br)n1. The van der Waals surface area contributed by atoms with E-state index in [1.807, 2.05) is 24.6 Å². The molecule has 0 atom stereocenters. The lowest BCUT2D eigenvalue weighted by Crippen LogP contribution is -2.01. The van der Waals surface area contributed by atoms with Crippen molar-refractivity contribution in [3.63, 3.8) is 0 Å². The fourth-order valence-electron chi connectivity index (χ4n) is 1.40. The van der Waals surface area contributed by atoms with Gasteiger partial charge in [-0.15, -0.1) is 11.3 Å². The minimum absolute atomic E-state index is 0.479. The Morgan fingerprint density at radius 3 is 2.88 bits per heavy atom. The molecule has 0 spiro atoms. The van der Waals surface area contributed by atoms with Crippen LogP contribution in [0, 0.1) is 0 Å². The zero-order valence-corrected chi connectivity index (χ0v) is 11.9. The Labute approximate surface area is 112 Å². The molecule has 2 aromatic rings. The van der Waals surface area contributed by atoms with Gasteiger partial charge in [0.05, 0.1) is 17.2 Å². The first-order chi connectivity index (χ1) is 8.24. The first-order valence-corrected chi connectivity index (χ1v) is 6.70. The Balaban J connectivity index is 2.46. The van der Waals surface area contributed by atoms with Crippen LogP contribution in [0.25, 0.3) is 10.7 Å². The van der Waals surface area contributed by atoms with Gasteiger partial charge < -0.3 is 10.1 Å². The van der Waals surface area contributed by atoms with Gasteiger partial charge in [0.15, 0.2) is 5.82 Å². The van der Waals surface area contributed by atoms with E-state index in [-0.39, 0.29) is 0 Å². The highest BCUT2D eigenvalue weighted by Crippen LogP contribution is 2.31. The van der Waals surface area contributed by atoms with E-state index in [1.165, 1.54) is 0 Å². The Morgan fingerprint density at radius 1 is 1.47 bits per heavy atom. The second-order valence-corrected chi connectivity index (χ2v) is 5.12. The topological polar surface area (TPSA) is 47.0 Å². The van der Waals surface area contributed by atoms with Crippen LogP contribution in [0.3, 0.4) is 0 Å². The number of rotatable bonds is 4. The van der Waals surface area contributed by atoms with Gasteiger partial charge in [-0.1, -0.05) is 0 Å². The van der Waals surface area contributed by atoms with Gasteiger partial charge in [-0.2, -0.15) is 0 Å². The lowest BCUT2D eigenvalue weighted by molar-refractivity contribution is 0.181. The average molecular weight is 314 g/mol. The molecule has 0 unspecified atom stereocenters. The van der Waals surface area contributed by atoms with Gasteiger partial charge in [0.25, 0.3) is 0 Å². The van der Waals surface area contributed by atoms with E-state index >= 15 is 0 Å². The smallest absolute Gasteiger partial charge is 0.173 e. The molecule has 2 rings (SSSR count). The van der Waals surface area contributed by atoms with Gasteiger partial charge in [-0.05, 0) is 27.4 Å². The highest BCUT2D eigenvalue weighted by molar-refractivity contribution is 9.10. The zero-order valence-electron chi connectivity index (χ0n) is 9.53. The maximum Gasteiger partial charge on any atom is 0.173 e. The summed E-state index contributed by atoms with van der Waals surface area (Å²) >= 11 is 5.10. The second kappa shape index (κ2) is 5.57. The summed E-state index contributed by atoms with van der Waals surface area (Å²) in [5.41, 5.74) is 0.863. The number of ether oxygens (including phenoxy) is 1. The van der Waals surface area contributed by atoms with Gasteiger partial charge in [0.2, 0.25) is 0 Å². The van der Waals surface area contributed by atoms with Crippen LogP contribution in [0.1, 0.15) is 5.69 Å². The molecule has 1 N–H and O–H groups in total. The van der Waals surface area contributed by atoms with Gasteiger partial charge in [0, 0.05) is 24.7 Å². The first kappa shape index (κ1) is 12.5. The van der Waals surface area contributed by atoms with E-state index in [1.54, 1.807) is 18.4 Å². The second-order valence-electron chi connectivity index (χ2n) is 3.35. The van der Waals surface area contributed by atoms with Crippen molar-refractivity contribution < 1.29 is 4.74 Å². The molecule has 6 heteroatoms. The van der Waals surface area contributed by atoms with Crippen molar-refractivity contribution in [2.24, 2.45) is 0 Å². The minimum Gasteiger partial charge on any atom is -0.378 e. The van der Waals surface area contributed by atoms with Crippen LogP contribution in [-0.2, 0) is 11.3 Å². The molecule has 17 heavy (non-hydrogen) atoms. The van der Waals surface area contributed by atoms with E-state index in [9.17, 15) is 0 Å². The highest BCUT2D eigenvalue weighted by Gasteiger charge is 2.10. The number of methoxy groups -OCH3 is 1. The summed E-state index contributed by atoms with van der Waals surface area (Å²) in [5.74, 6) is 1.51. The molecule has 0 aliphatic rings. The molecule has 0 aliphatic carbocycles. The van der Waals surface area contributed by atoms with E-state index in [0.717, 1.165) is 20.9 Å². The summed E-state index contributed by atoms with van der Waals surface area (Å²) in [7, 11) is 3.49. The fraction of sp³-hybridized carbons (Fsp3) is 0.273. The van der Waals surface area contributed by atoms with Crippen molar-refractivity contribution >= 4 is 33.1 Å². The number of hydrogen-bond donors (Lipinski definition) is 1. The molecule has 2 heterocycles. The monoisotopic (exact) mass is 313 g/mol. The first-order valence-electron chi connectivity index (χ1n) is 5.02. The van der Waals surface area contributed by atoms with Crippen LogP contribution in [-0.4, -0.2) is 24.1 Å². The molecule has 0 radical (unpaired) electrons. The number of anilines is 1. The Hall–Kier alpha value is -0.980. The van der Waals surface area contributed by atoms with E-state index in [4.69, 9.17) is 4.74 Å². The number of thiophene rings is 1. The number of nitrogens with one attached hydrogen (secondary N) is 1. The molecule has 0 saturated carbocycles. The molecular formula is C11H12BrN3OS. The summed E-state index contributed by atoms with van der Waals surface area (Å²) < 4.78 is 6.12. The van der Waals surface area contributed by atoms with Crippen LogP contribution in [0.4, 0.5) is 5.82 Å². The van der Waals surface area contributed by atoms with Gasteiger partial charge in [-0.3, -0.25) is 0 Å². The quantitative estimate of drug-likeness (QED) is 0.942. The van der Waals surface area contributed by atoms with E-state index < -0.39 is 0 Å². The van der Waals surface area contributed by atoms with E-state index in [2.05, 4.69) is 31.2 Å². The van der Waals surface area contributed by atoms with Crippen molar-refractivity contribution in [2.75, 3.05) is 19.5 Å². The molecule has 0 fully saturated rings. The predicted octanol–water partition coefficient (Wildman–Crippen LogP) is 3.16. The number of hydrogen-bond acceptors (Lipinski definition) is 5. The molecule has 0 aromatic carbocycles. The van der Waals surface area contributed by atoms with Crippen molar-refractivity contribution in [3.8, 4) is 10.7 Å². The van der Waals surface area contributed by atoms with Crippen LogP contribution < -0.4 is 5.32 Å². The van der Waals surface area contributed by atoms with Crippen LogP contribution in [0.15, 0.2) is 22.0 Å². The summed E-state index contributed by atoms with van der Waals surface area (Å²) in [6.07, 6.45) is 0. The van der Waals surface area contributed by atoms with Crippen molar-refractivity contribution in [3.05, 3.63) is 27.7 Å². The molecule has 4 nitrogen and oxygen atoms in total. The van der Waals surface area contributed by atoms with Crippen molar-refractivity contribution in [2.45, 2.75) is 6.61 Å². The largest absolute Gasteiger partial charge is 0.378 e. The lowest BCUT2D eigenvalue weighted by Gasteiger charge is -2.06. The zero-order chi connectivity index (χ0) is 12.3. The number of aromatic nitrogens is 2. The van der Waals surface area contributed by atoms with Crippen LogP contribution in [0.5, 0.6) is 0 Å². The van der Waals surface area contributed by atoms with Crippen LogP contribution in [0.2, 0.25) is 0 Å². The maximum absolute atomic E-state index is 5.10. The molecule has 0 amide bonds. The van der Waals surface area contributed by atoms with Crippen molar-refractivity contribution in [1.82, 2.24) is 9.97 Å². The predicted molar refractivity (Wildman–Crippen MR) is 73.3 cm³/mol. The third-order valence-electron chi connectivity index (χ3n) is 2.15. The highest BCUT2D eigenvalue weighted by atomic mass is 79.9. The molecule has 0 aliphatic heterocycles.